The van der Waals surface area contributed by atoms with E-state index >= 15 is 4.39 Å². The van der Waals surface area contributed by atoms with Gasteiger partial charge in [-0.3, -0.25) is 4.72 Å². The fraction of sp³-hybridized carbons (Fsp3) is 0.387. The van der Waals surface area contributed by atoms with Crippen LogP contribution in [0.2, 0.25) is 0 Å². The van der Waals surface area contributed by atoms with Gasteiger partial charge in [-0.25, -0.2) is 22.0 Å². The topological polar surface area (TPSA) is 92.7 Å². The molecule has 2 aromatic carbocycles. The van der Waals surface area contributed by atoms with Crippen LogP contribution in [0.5, 0.6) is 5.75 Å². The van der Waals surface area contributed by atoms with Crippen molar-refractivity contribution < 1.29 is 31.8 Å². The summed E-state index contributed by atoms with van der Waals surface area (Å²) in [6.45, 7) is 12.8. The number of rotatable bonds is 9. The number of hydrogen-bond acceptors (Lipinski definition) is 4. The minimum atomic E-state index is -4.54. The van der Waals surface area contributed by atoms with Gasteiger partial charge in [-0.2, -0.15) is 0 Å². The van der Waals surface area contributed by atoms with Crippen LogP contribution in [0.1, 0.15) is 69.3 Å². The number of hydrogen-bond donors (Lipinski definition) is 2. The van der Waals surface area contributed by atoms with Crippen molar-refractivity contribution in [1.82, 2.24) is 0 Å². The first kappa shape index (κ1) is 31.1. The van der Waals surface area contributed by atoms with E-state index in [-0.39, 0.29) is 22.4 Å². The highest BCUT2D eigenvalue weighted by Gasteiger charge is 2.30. The first-order chi connectivity index (χ1) is 18.7. The first-order valence-electron chi connectivity index (χ1n) is 13.1. The summed E-state index contributed by atoms with van der Waals surface area (Å²) in [5.41, 5.74) is 0.731. The predicted molar refractivity (Wildman–Crippen MR) is 154 cm³/mol. The van der Waals surface area contributed by atoms with Crippen LogP contribution >= 0.6 is 0 Å². The molecule has 1 fully saturated rings. The van der Waals surface area contributed by atoms with Crippen LogP contribution < -0.4 is 9.46 Å². The molecule has 0 saturated heterocycles. The molecule has 0 atom stereocenters. The van der Waals surface area contributed by atoms with Crippen molar-refractivity contribution in [1.29, 1.82) is 0 Å². The number of aromatic carboxylic acids is 1. The normalized spacial score (nSPS) is 18.5. The highest BCUT2D eigenvalue weighted by atomic mass is 32.2. The molecule has 0 heterocycles. The Morgan fingerprint density at radius 1 is 1.10 bits per heavy atom. The number of carboxylic acids is 1. The molecule has 0 unspecified atom stereocenters. The van der Waals surface area contributed by atoms with Crippen molar-refractivity contribution >= 4 is 27.3 Å². The van der Waals surface area contributed by atoms with Crippen LogP contribution in [-0.2, 0) is 10.0 Å². The molecule has 1 saturated carbocycles. The smallest absolute Gasteiger partial charge is 0.338 e. The summed E-state index contributed by atoms with van der Waals surface area (Å²) in [5.74, 6) is -2.91. The average Bonchev–Trinajstić information content (AvgIpc) is 2.88. The number of anilines is 1. The number of ether oxygens (including phenoxy) is 1. The monoisotopic (exact) mass is 573 g/mol. The summed E-state index contributed by atoms with van der Waals surface area (Å²) in [6, 6.07) is 5.53. The van der Waals surface area contributed by atoms with Gasteiger partial charge in [0.05, 0.1) is 18.4 Å². The highest BCUT2D eigenvalue weighted by Crippen LogP contribution is 2.42. The predicted octanol–water partition coefficient (Wildman–Crippen LogP) is 7.84. The first-order valence-corrected chi connectivity index (χ1v) is 14.6. The number of sulfonamides is 1. The fourth-order valence-corrected chi connectivity index (χ4v) is 6.27. The van der Waals surface area contributed by atoms with Gasteiger partial charge in [0.2, 0.25) is 0 Å². The largest absolute Gasteiger partial charge is 0.495 e. The van der Waals surface area contributed by atoms with Gasteiger partial charge in [-0.05, 0) is 67.6 Å². The second-order valence-corrected chi connectivity index (χ2v) is 12.8. The maximum Gasteiger partial charge on any atom is 0.338 e. The van der Waals surface area contributed by atoms with Crippen molar-refractivity contribution in [2.75, 3.05) is 11.8 Å². The minimum absolute atomic E-state index is 0.0743. The van der Waals surface area contributed by atoms with Gasteiger partial charge in [-0.15, -0.1) is 0 Å². The molecule has 3 rings (SSSR count). The lowest BCUT2D eigenvalue weighted by Gasteiger charge is -2.37. The molecular formula is C31H37F2NO5S. The summed E-state index contributed by atoms with van der Waals surface area (Å²) in [5, 5.41) is 9.12. The number of methoxy groups -OCH3 is 1. The van der Waals surface area contributed by atoms with Crippen molar-refractivity contribution in [3.63, 3.8) is 0 Å². The van der Waals surface area contributed by atoms with Crippen LogP contribution in [0.15, 0.2) is 65.6 Å². The molecule has 9 heteroatoms. The van der Waals surface area contributed by atoms with Gasteiger partial charge in [0, 0.05) is 11.6 Å². The Kier molecular flexibility index (Phi) is 9.61. The van der Waals surface area contributed by atoms with E-state index in [0.29, 0.717) is 23.5 Å². The summed E-state index contributed by atoms with van der Waals surface area (Å²) in [6.07, 6.45) is 9.64. The van der Waals surface area contributed by atoms with E-state index in [0.717, 1.165) is 43.4 Å². The van der Waals surface area contributed by atoms with Crippen LogP contribution in [0.4, 0.5) is 14.5 Å². The van der Waals surface area contributed by atoms with Crippen LogP contribution in [0.3, 0.4) is 0 Å². The van der Waals surface area contributed by atoms with E-state index < -0.39 is 38.1 Å². The lowest BCUT2D eigenvalue weighted by molar-refractivity contribution is 0.0691. The Morgan fingerprint density at radius 2 is 1.75 bits per heavy atom. The number of nitrogens with one attached hydrogen (secondary N) is 1. The molecular weight excluding hydrogens is 536 g/mol. The van der Waals surface area contributed by atoms with Crippen LogP contribution in [0.25, 0.3) is 5.57 Å². The van der Waals surface area contributed by atoms with E-state index in [4.69, 9.17) is 9.84 Å². The SMILES string of the molecule is C=C(/C=C\C(=C/C)c1cccc(S(=O)(=O)Nc2cc(F)c(C(=O)O)cc2OC)c1F)C1CCC(C(C)(C)C)CC1. The van der Waals surface area contributed by atoms with Crippen LogP contribution in [0, 0.1) is 28.9 Å². The zero-order valence-electron chi connectivity index (χ0n) is 23.6. The Morgan fingerprint density at radius 3 is 2.30 bits per heavy atom. The van der Waals surface area contributed by atoms with Gasteiger partial charge in [0.25, 0.3) is 10.0 Å². The van der Waals surface area contributed by atoms with Crippen molar-refractivity contribution in [2.24, 2.45) is 17.3 Å². The molecule has 1 aliphatic rings. The molecule has 40 heavy (non-hydrogen) atoms. The number of allylic oxidation sites excluding steroid dienone is 5. The lowest BCUT2D eigenvalue weighted by Crippen LogP contribution is -2.26. The number of carbonyl (C=O) groups is 1. The highest BCUT2D eigenvalue weighted by molar-refractivity contribution is 7.92. The van der Waals surface area contributed by atoms with Gasteiger partial charge < -0.3 is 9.84 Å². The Balaban J connectivity index is 1.84. The van der Waals surface area contributed by atoms with Gasteiger partial charge in [-0.1, -0.05) is 63.3 Å². The maximum atomic E-state index is 15.7. The third kappa shape index (κ3) is 6.99. The summed E-state index contributed by atoms with van der Waals surface area (Å²) < 4.78 is 63.4. The number of carboxylic acid groups (broad SMARTS) is 1. The van der Waals surface area contributed by atoms with Crippen molar-refractivity contribution in [2.45, 2.75) is 58.3 Å². The molecule has 0 aliphatic heterocycles. The summed E-state index contributed by atoms with van der Waals surface area (Å²) >= 11 is 0. The van der Waals surface area contributed by atoms with Gasteiger partial charge in [0.15, 0.2) is 5.82 Å². The van der Waals surface area contributed by atoms with E-state index in [1.165, 1.54) is 19.2 Å². The van der Waals surface area contributed by atoms with Gasteiger partial charge >= 0.3 is 5.97 Å². The Bertz CT molecular complexity index is 1450. The molecule has 2 aromatic rings. The molecule has 1 aliphatic carbocycles. The van der Waals surface area contributed by atoms with E-state index in [1.807, 2.05) is 6.08 Å². The van der Waals surface area contributed by atoms with E-state index in [1.54, 1.807) is 19.1 Å². The third-order valence-electron chi connectivity index (χ3n) is 7.59. The standard InChI is InChI=1S/C31H37F2NO5S/c1-7-20(12-11-19(2)21-13-15-22(16-14-21)31(3,4)5)23-9-8-10-28(29(23)33)40(37,38)34-26-18-25(32)24(30(35)36)17-27(26)39-6/h7-12,17-18,21-22,34H,2,13-16H2,1,3-6H3,(H,35,36)/b12-11-,20-7+. The van der Waals surface area contributed by atoms with Crippen molar-refractivity contribution in [3.8, 4) is 5.75 Å². The molecule has 0 aromatic heterocycles. The quantitative estimate of drug-likeness (QED) is 0.298. The van der Waals surface area contributed by atoms with Gasteiger partial charge in [0.1, 0.15) is 16.5 Å². The third-order valence-corrected chi connectivity index (χ3v) is 8.97. The molecule has 6 nitrogen and oxygen atoms in total. The number of benzene rings is 2. The minimum Gasteiger partial charge on any atom is -0.495 e. The second-order valence-electron chi connectivity index (χ2n) is 11.1. The molecule has 0 amide bonds. The second kappa shape index (κ2) is 12.4. The zero-order valence-corrected chi connectivity index (χ0v) is 24.4. The molecule has 216 valence electrons. The molecule has 0 bridgehead atoms. The average molecular weight is 574 g/mol. The molecule has 0 radical (unpaired) electrons. The zero-order chi connectivity index (χ0) is 29.8. The Labute approximate surface area is 235 Å². The lowest BCUT2D eigenvalue weighted by atomic mass is 9.68. The van der Waals surface area contributed by atoms with Crippen LogP contribution in [-0.4, -0.2) is 26.6 Å². The number of halogens is 2. The maximum absolute atomic E-state index is 15.7. The summed E-state index contributed by atoms with van der Waals surface area (Å²) in [4.78, 5) is 10.6. The van der Waals surface area contributed by atoms with E-state index in [2.05, 4.69) is 32.1 Å². The fourth-order valence-electron chi connectivity index (χ4n) is 5.11. The van der Waals surface area contributed by atoms with Crippen molar-refractivity contribution in [3.05, 3.63) is 83.5 Å². The molecule has 0 spiro atoms. The molecule has 2 N–H and O–H groups in total. The van der Waals surface area contributed by atoms with E-state index in [9.17, 15) is 17.6 Å². The summed E-state index contributed by atoms with van der Waals surface area (Å²) in [7, 11) is -3.37. The Hall–Kier alpha value is -3.46.